The summed E-state index contributed by atoms with van der Waals surface area (Å²) in [5.41, 5.74) is 6.29. The number of nitrogens with zero attached hydrogens (tertiary/aromatic N) is 1. The molecule has 0 atom stereocenters. The maximum absolute atomic E-state index is 13.8. The smallest absolute Gasteiger partial charge is 0.238 e. The zero-order valence-electron chi connectivity index (χ0n) is 14.2. The quantitative estimate of drug-likeness (QED) is 0.619. The Labute approximate surface area is 164 Å². The highest BCUT2D eigenvalue weighted by Gasteiger charge is 2.12. The lowest BCUT2D eigenvalue weighted by Crippen LogP contribution is -2.30. The van der Waals surface area contributed by atoms with Crippen LogP contribution < -0.4 is 11.1 Å². The maximum atomic E-state index is 13.8. The Hall–Kier alpha value is -1.90. The normalized spacial score (nSPS) is 10.8. The van der Waals surface area contributed by atoms with Gasteiger partial charge in [-0.25, -0.2) is 4.39 Å². The summed E-state index contributed by atoms with van der Waals surface area (Å²) < 4.78 is 14.6. The average molecular weight is 440 g/mol. The lowest BCUT2D eigenvalue weighted by molar-refractivity contribution is -0.117. The largest absolute Gasteiger partial charge is 0.369 e. The Kier molecular flexibility index (Phi) is 7.62. The molecule has 0 aromatic heterocycles. The third-order valence-corrected chi connectivity index (χ3v) is 4.98. The van der Waals surface area contributed by atoms with E-state index in [9.17, 15) is 14.0 Å². The summed E-state index contributed by atoms with van der Waals surface area (Å²) in [5, 5.41) is 2.82. The summed E-state index contributed by atoms with van der Waals surface area (Å²) in [6.45, 7) is 0.400. The summed E-state index contributed by atoms with van der Waals surface area (Å²) in [7, 11) is 1.74. The topological polar surface area (TPSA) is 75.4 Å². The van der Waals surface area contributed by atoms with Gasteiger partial charge < -0.3 is 11.1 Å². The van der Waals surface area contributed by atoms with Crippen LogP contribution in [0.5, 0.6) is 0 Å². The van der Waals surface area contributed by atoms with Crippen molar-refractivity contribution in [3.63, 3.8) is 0 Å². The third-order valence-electron chi connectivity index (χ3n) is 3.39. The van der Waals surface area contributed by atoms with Gasteiger partial charge in [-0.1, -0.05) is 28.1 Å². The first kappa shape index (κ1) is 20.4. The van der Waals surface area contributed by atoms with Crippen molar-refractivity contribution in [2.45, 2.75) is 11.4 Å². The van der Waals surface area contributed by atoms with Crippen LogP contribution in [-0.2, 0) is 16.1 Å². The molecule has 0 aliphatic heterocycles. The molecule has 5 nitrogen and oxygen atoms in total. The molecule has 0 aliphatic carbocycles. The van der Waals surface area contributed by atoms with Gasteiger partial charge in [-0.3, -0.25) is 14.5 Å². The second-order valence-electron chi connectivity index (χ2n) is 5.71. The van der Waals surface area contributed by atoms with E-state index in [1.54, 1.807) is 36.2 Å². The molecular formula is C18H19BrFN3O2S. The molecule has 0 unspecified atom stereocenters. The van der Waals surface area contributed by atoms with E-state index in [0.29, 0.717) is 17.8 Å². The predicted molar refractivity (Wildman–Crippen MR) is 105 cm³/mol. The van der Waals surface area contributed by atoms with E-state index < -0.39 is 5.91 Å². The molecule has 0 spiro atoms. The fourth-order valence-corrected chi connectivity index (χ4v) is 3.45. The van der Waals surface area contributed by atoms with Gasteiger partial charge in [0.2, 0.25) is 11.8 Å². The number of anilines is 1. The Morgan fingerprint density at radius 2 is 2.00 bits per heavy atom. The van der Waals surface area contributed by atoms with Crippen molar-refractivity contribution in [2.24, 2.45) is 5.73 Å². The highest BCUT2D eigenvalue weighted by Crippen LogP contribution is 2.26. The highest BCUT2D eigenvalue weighted by atomic mass is 79.9. The number of hydrogen-bond acceptors (Lipinski definition) is 4. The van der Waals surface area contributed by atoms with Crippen molar-refractivity contribution in [1.82, 2.24) is 4.90 Å². The standard InChI is InChI=1S/C18H19BrFN3O2S/c1-23(9-12-8-13(19)6-7-14(12)20)10-18(25)22-15-4-2-3-5-16(15)26-11-17(21)24/h2-8H,9-11H2,1H3,(H2,21,24)(H,22,25). The number of hydrogen-bond donors (Lipinski definition) is 2. The van der Waals surface area contributed by atoms with E-state index in [-0.39, 0.29) is 24.0 Å². The van der Waals surface area contributed by atoms with Crippen LogP contribution in [0.4, 0.5) is 10.1 Å². The second-order valence-corrected chi connectivity index (χ2v) is 7.64. The number of nitrogens with two attached hydrogens (primary N) is 1. The van der Waals surface area contributed by atoms with Gasteiger partial charge in [0.05, 0.1) is 18.0 Å². The number of nitrogens with one attached hydrogen (secondary N) is 1. The minimum absolute atomic E-state index is 0.0980. The zero-order chi connectivity index (χ0) is 19.1. The van der Waals surface area contributed by atoms with Gasteiger partial charge in [-0.05, 0) is 37.4 Å². The number of halogens is 2. The van der Waals surface area contributed by atoms with E-state index in [1.807, 2.05) is 12.1 Å². The van der Waals surface area contributed by atoms with Crippen molar-refractivity contribution in [3.05, 3.63) is 58.3 Å². The Bertz CT molecular complexity index is 804. The first-order valence-corrected chi connectivity index (χ1v) is 9.55. The summed E-state index contributed by atoms with van der Waals surface area (Å²) in [6.07, 6.45) is 0. The molecule has 2 amide bonds. The number of rotatable bonds is 8. The van der Waals surface area contributed by atoms with Crippen LogP contribution in [0.2, 0.25) is 0 Å². The molecule has 0 saturated heterocycles. The number of amides is 2. The van der Waals surface area contributed by atoms with Crippen molar-refractivity contribution >= 4 is 45.2 Å². The molecule has 0 bridgehead atoms. The SMILES string of the molecule is CN(CC(=O)Nc1ccccc1SCC(N)=O)Cc1cc(Br)ccc1F. The zero-order valence-corrected chi connectivity index (χ0v) is 16.6. The van der Waals surface area contributed by atoms with Crippen LogP contribution in [0.3, 0.4) is 0 Å². The number of primary amides is 1. The Morgan fingerprint density at radius 3 is 2.73 bits per heavy atom. The number of para-hydroxylation sites is 1. The highest BCUT2D eigenvalue weighted by molar-refractivity contribution is 9.10. The predicted octanol–water partition coefficient (Wildman–Crippen LogP) is 3.24. The summed E-state index contributed by atoms with van der Waals surface area (Å²) in [4.78, 5) is 25.7. The molecule has 8 heteroatoms. The lowest BCUT2D eigenvalue weighted by atomic mass is 10.2. The fraction of sp³-hybridized carbons (Fsp3) is 0.222. The average Bonchev–Trinajstić information content (AvgIpc) is 2.57. The van der Waals surface area contributed by atoms with E-state index >= 15 is 0 Å². The summed E-state index contributed by atoms with van der Waals surface area (Å²) >= 11 is 4.58. The van der Waals surface area contributed by atoms with Crippen LogP contribution in [0, 0.1) is 5.82 Å². The second kappa shape index (κ2) is 9.70. The summed E-state index contributed by atoms with van der Waals surface area (Å²) in [5.74, 6) is -0.829. The molecule has 0 radical (unpaired) electrons. The van der Waals surface area contributed by atoms with Crippen LogP contribution in [0.25, 0.3) is 0 Å². The minimum atomic E-state index is -0.424. The lowest BCUT2D eigenvalue weighted by Gasteiger charge is -2.18. The first-order chi connectivity index (χ1) is 12.3. The van der Waals surface area contributed by atoms with Gasteiger partial charge in [0.25, 0.3) is 0 Å². The molecule has 3 N–H and O–H groups in total. The number of carbonyl (C=O) groups excluding carboxylic acids is 2. The molecule has 2 aromatic rings. The van der Waals surface area contributed by atoms with Gasteiger partial charge in [-0.2, -0.15) is 0 Å². The molecule has 138 valence electrons. The molecule has 2 rings (SSSR count). The van der Waals surface area contributed by atoms with E-state index in [4.69, 9.17) is 5.73 Å². The Morgan fingerprint density at radius 1 is 1.27 bits per heavy atom. The molecular weight excluding hydrogens is 421 g/mol. The minimum Gasteiger partial charge on any atom is -0.369 e. The number of likely N-dealkylation sites (N-methyl/N-ethyl adjacent to an activating group) is 1. The van der Waals surface area contributed by atoms with Gasteiger partial charge in [0, 0.05) is 21.5 Å². The maximum Gasteiger partial charge on any atom is 0.238 e. The van der Waals surface area contributed by atoms with Gasteiger partial charge in [0.15, 0.2) is 0 Å². The first-order valence-electron chi connectivity index (χ1n) is 7.77. The van der Waals surface area contributed by atoms with Crippen molar-refractivity contribution < 1.29 is 14.0 Å². The molecule has 0 fully saturated rings. The molecule has 2 aromatic carbocycles. The number of carbonyl (C=O) groups is 2. The molecule has 0 heterocycles. The van der Waals surface area contributed by atoms with Gasteiger partial charge in [-0.15, -0.1) is 11.8 Å². The van der Waals surface area contributed by atoms with Crippen LogP contribution in [0.15, 0.2) is 51.8 Å². The Balaban J connectivity index is 1.96. The van der Waals surface area contributed by atoms with Crippen molar-refractivity contribution in [3.8, 4) is 0 Å². The van der Waals surface area contributed by atoms with Crippen LogP contribution in [0.1, 0.15) is 5.56 Å². The molecule has 0 saturated carbocycles. The van der Waals surface area contributed by atoms with Crippen molar-refractivity contribution in [1.29, 1.82) is 0 Å². The van der Waals surface area contributed by atoms with Crippen LogP contribution in [-0.4, -0.2) is 36.1 Å². The van der Waals surface area contributed by atoms with Gasteiger partial charge in [0.1, 0.15) is 5.82 Å². The molecule has 0 aliphatic rings. The number of benzene rings is 2. The van der Waals surface area contributed by atoms with Crippen molar-refractivity contribution in [2.75, 3.05) is 24.7 Å². The fourth-order valence-electron chi connectivity index (χ4n) is 2.29. The monoisotopic (exact) mass is 439 g/mol. The van der Waals surface area contributed by atoms with E-state index in [0.717, 1.165) is 9.37 Å². The van der Waals surface area contributed by atoms with Crippen LogP contribution >= 0.6 is 27.7 Å². The third kappa shape index (κ3) is 6.44. The van der Waals surface area contributed by atoms with Gasteiger partial charge >= 0.3 is 0 Å². The molecule has 26 heavy (non-hydrogen) atoms. The summed E-state index contributed by atoms with van der Waals surface area (Å²) in [6, 6.07) is 11.9. The number of thioether (sulfide) groups is 1. The van der Waals surface area contributed by atoms with E-state index in [2.05, 4.69) is 21.2 Å². The van der Waals surface area contributed by atoms with E-state index in [1.165, 1.54) is 17.8 Å².